The predicted molar refractivity (Wildman–Crippen MR) is 75.8 cm³/mol. The van der Waals surface area contributed by atoms with Crippen LogP contribution in [0.1, 0.15) is 50.8 Å². The van der Waals surface area contributed by atoms with Crippen molar-refractivity contribution in [1.82, 2.24) is 10.2 Å². The molecule has 1 aromatic rings. The number of nitrogens with zero attached hydrogens (tertiary/aromatic N) is 1. The molecule has 1 aliphatic heterocycles. The van der Waals surface area contributed by atoms with Gasteiger partial charge in [0, 0.05) is 6.54 Å². The zero-order valence-electron chi connectivity index (χ0n) is 11.3. The fourth-order valence-corrected chi connectivity index (χ4v) is 4.16. The van der Waals surface area contributed by atoms with Gasteiger partial charge in [-0.1, -0.05) is 13.3 Å². The van der Waals surface area contributed by atoms with Crippen LogP contribution in [0.2, 0.25) is 0 Å². The van der Waals surface area contributed by atoms with Gasteiger partial charge in [-0.15, -0.1) is 0 Å². The van der Waals surface area contributed by atoms with Gasteiger partial charge >= 0.3 is 0 Å². The molecule has 1 N–H and O–H groups in total. The molecule has 0 bridgehead atoms. The normalized spacial score (nSPS) is 30.7. The van der Waals surface area contributed by atoms with Gasteiger partial charge in [-0.25, -0.2) is 0 Å². The van der Waals surface area contributed by atoms with Gasteiger partial charge in [0.15, 0.2) is 0 Å². The monoisotopic (exact) mass is 276 g/mol. The van der Waals surface area contributed by atoms with Gasteiger partial charge in [-0.05, 0) is 53.5 Å². The van der Waals surface area contributed by atoms with E-state index in [1.54, 1.807) is 11.3 Å². The van der Waals surface area contributed by atoms with Crippen molar-refractivity contribution in [2.75, 3.05) is 6.54 Å². The molecular formula is C15H20N2OS. The van der Waals surface area contributed by atoms with E-state index in [-0.39, 0.29) is 11.7 Å². The summed E-state index contributed by atoms with van der Waals surface area (Å²) in [6.07, 6.45) is 5.98. The molecule has 1 spiro atoms. The van der Waals surface area contributed by atoms with Crippen molar-refractivity contribution >= 4 is 17.2 Å². The lowest BCUT2D eigenvalue weighted by molar-refractivity contribution is -0.133. The van der Waals surface area contributed by atoms with Gasteiger partial charge in [-0.2, -0.15) is 11.3 Å². The lowest BCUT2D eigenvalue weighted by Gasteiger charge is -2.42. The Morgan fingerprint density at radius 2 is 2.21 bits per heavy atom. The van der Waals surface area contributed by atoms with E-state index in [1.807, 2.05) is 0 Å². The Balaban J connectivity index is 1.62. The summed E-state index contributed by atoms with van der Waals surface area (Å²) in [5.41, 5.74) is 1.41. The molecule has 1 aromatic heterocycles. The van der Waals surface area contributed by atoms with Gasteiger partial charge in [0.2, 0.25) is 5.91 Å². The fourth-order valence-electron chi connectivity index (χ4n) is 3.48. The molecule has 102 valence electrons. The fraction of sp³-hybridized carbons (Fsp3) is 0.667. The smallest absolute Gasteiger partial charge is 0.244 e. The number of amides is 1. The van der Waals surface area contributed by atoms with Crippen molar-refractivity contribution < 1.29 is 4.79 Å². The number of nitrogens with one attached hydrogen (secondary N) is 1. The van der Waals surface area contributed by atoms with Crippen LogP contribution in [-0.4, -0.2) is 22.9 Å². The third-order valence-electron chi connectivity index (χ3n) is 5.12. The van der Waals surface area contributed by atoms with E-state index in [1.165, 1.54) is 24.8 Å². The average molecular weight is 276 g/mol. The molecule has 1 saturated heterocycles. The van der Waals surface area contributed by atoms with Crippen LogP contribution in [0.4, 0.5) is 0 Å². The second-order valence-corrected chi connectivity index (χ2v) is 7.56. The Morgan fingerprint density at radius 3 is 2.74 bits per heavy atom. The van der Waals surface area contributed by atoms with Crippen LogP contribution >= 0.6 is 11.3 Å². The minimum atomic E-state index is -0.202. The summed E-state index contributed by atoms with van der Waals surface area (Å²) in [6, 6.07) is 2.15. The average Bonchev–Trinajstić information content (AvgIpc) is 2.84. The quantitative estimate of drug-likeness (QED) is 0.920. The van der Waals surface area contributed by atoms with E-state index in [0.717, 1.165) is 19.4 Å². The summed E-state index contributed by atoms with van der Waals surface area (Å²) in [7, 11) is 0. The highest BCUT2D eigenvalue weighted by molar-refractivity contribution is 7.07. The molecule has 19 heavy (non-hydrogen) atoms. The van der Waals surface area contributed by atoms with Crippen LogP contribution in [-0.2, 0) is 4.79 Å². The third kappa shape index (κ3) is 1.77. The van der Waals surface area contributed by atoms with E-state index in [9.17, 15) is 4.79 Å². The van der Waals surface area contributed by atoms with Crippen LogP contribution in [0.25, 0.3) is 0 Å². The first-order chi connectivity index (χ1) is 9.12. The summed E-state index contributed by atoms with van der Waals surface area (Å²) in [6.45, 7) is 3.24. The van der Waals surface area contributed by atoms with Crippen LogP contribution in [0.3, 0.4) is 0 Å². The van der Waals surface area contributed by atoms with E-state index < -0.39 is 0 Å². The Labute approximate surface area is 118 Å². The molecule has 1 atom stereocenters. The summed E-state index contributed by atoms with van der Waals surface area (Å²) < 4.78 is 0. The number of hydrogen-bond acceptors (Lipinski definition) is 3. The summed E-state index contributed by atoms with van der Waals surface area (Å²) >= 11 is 1.71. The Kier molecular flexibility index (Phi) is 2.40. The molecule has 3 aliphatic rings. The topological polar surface area (TPSA) is 32.3 Å². The molecule has 4 heteroatoms. The number of rotatable bonds is 3. The molecule has 1 unspecified atom stereocenters. The van der Waals surface area contributed by atoms with Crippen molar-refractivity contribution in [2.45, 2.75) is 50.7 Å². The van der Waals surface area contributed by atoms with Gasteiger partial charge in [0.1, 0.15) is 11.7 Å². The second-order valence-electron chi connectivity index (χ2n) is 6.78. The van der Waals surface area contributed by atoms with Crippen LogP contribution < -0.4 is 5.32 Å². The SMILES string of the molecule is CC1(CN2C(=O)C3(CC3)NC2c2ccsc2)CCC1. The van der Waals surface area contributed by atoms with Crippen LogP contribution in [0.5, 0.6) is 0 Å². The zero-order valence-corrected chi connectivity index (χ0v) is 12.1. The summed E-state index contributed by atoms with van der Waals surface area (Å²) in [4.78, 5) is 14.8. The van der Waals surface area contributed by atoms with Crippen molar-refractivity contribution in [3.8, 4) is 0 Å². The molecule has 2 aliphatic carbocycles. The van der Waals surface area contributed by atoms with Crippen molar-refractivity contribution in [1.29, 1.82) is 0 Å². The molecule has 4 rings (SSSR count). The largest absolute Gasteiger partial charge is 0.321 e. The number of carbonyl (C=O) groups is 1. The first-order valence-electron chi connectivity index (χ1n) is 7.23. The summed E-state index contributed by atoms with van der Waals surface area (Å²) in [5.74, 6) is 0.344. The Bertz CT molecular complexity index is 502. The highest BCUT2D eigenvalue weighted by Gasteiger charge is 2.60. The highest BCUT2D eigenvalue weighted by Crippen LogP contribution is 2.49. The third-order valence-corrected chi connectivity index (χ3v) is 5.82. The Morgan fingerprint density at radius 1 is 1.42 bits per heavy atom. The lowest BCUT2D eigenvalue weighted by Crippen LogP contribution is -2.43. The molecule has 2 saturated carbocycles. The molecule has 3 fully saturated rings. The van der Waals surface area contributed by atoms with Gasteiger partial charge in [0.05, 0.1) is 0 Å². The van der Waals surface area contributed by atoms with Gasteiger partial charge < -0.3 is 4.90 Å². The maximum Gasteiger partial charge on any atom is 0.244 e. The first kappa shape index (κ1) is 11.9. The molecule has 0 aromatic carbocycles. The zero-order chi connectivity index (χ0) is 13.1. The van der Waals surface area contributed by atoms with Crippen LogP contribution in [0, 0.1) is 5.41 Å². The first-order valence-corrected chi connectivity index (χ1v) is 8.17. The molecular weight excluding hydrogens is 256 g/mol. The maximum atomic E-state index is 12.7. The highest BCUT2D eigenvalue weighted by atomic mass is 32.1. The van der Waals surface area contributed by atoms with Crippen molar-refractivity contribution in [2.24, 2.45) is 5.41 Å². The standard InChI is InChI=1S/C15H20N2OS/c1-14(4-2-5-14)10-17-12(11-3-8-19-9-11)16-15(6-7-15)13(17)18/h3,8-9,12,16H,2,4-7,10H2,1H3. The molecule has 2 heterocycles. The van der Waals surface area contributed by atoms with E-state index in [0.29, 0.717) is 11.3 Å². The minimum Gasteiger partial charge on any atom is -0.321 e. The maximum absolute atomic E-state index is 12.7. The van der Waals surface area contributed by atoms with Gasteiger partial charge in [0.25, 0.3) is 0 Å². The number of carbonyl (C=O) groups excluding carboxylic acids is 1. The van der Waals surface area contributed by atoms with Crippen LogP contribution in [0.15, 0.2) is 16.8 Å². The summed E-state index contributed by atoms with van der Waals surface area (Å²) in [5, 5.41) is 7.87. The Hall–Kier alpha value is -0.870. The number of hydrogen-bond donors (Lipinski definition) is 1. The molecule has 0 radical (unpaired) electrons. The van der Waals surface area contributed by atoms with Crippen molar-refractivity contribution in [3.63, 3.8) is 0 Å². The van der Waals surface area contributed by atoms with Crippen molar-refractivity contribution in [3.05, 3.63) is 22.4 Å². The van der Waals surface area contributed by atoms with Gasteiger partial charge in [-0.3, -0.25) is 10.1 Å². The molecule has 1 amide bonds. The molecule has 3 nitrogen and oxygen atoms in total. The van der Waals surface area contributed by atoms with E-state index >= 15 is 0 Å². The van der Waals surface area contributed by atoms with E-state index in [2.05, 4.69) is 34.0 Å². The second kappa shape index (κ2) is 3.83. The van der Waals surface area contributed by atoms with E-state index in [4.69, 9.17) is 0 Å². The minimum absolute atomic E-state index is 0.110. The number of thiophene rings is 1. The predicted octanol–water partition coefficient (Wildman–Crippen LogP) is 2.90. The lowest BCUT2D eigenvalue weighted by atomic mass is 9.70.